The smallest absolute Gasteiger partial charge is 0.238 e. The number of hydrogen-bond donors (Lipinski definition) is 0. The second kappa shape index (κ2) is 13.4. The van der Waals surface area contributed by atoms with Crippen LogP contribution in [0.1, 0.15) is 5.82 Å². The number of nitrogens with zero attached hydrogens (tertiary/aromatic N) is 5. The first kappa shape index (κ1) is 33.4. The van der Waals surface area contributed by atoms with E-state index >= 15 is 0 Å². The van der Waals surface area contributed by atoms with Crippen LogP contribution in [0.15, 0.2) is 194 Å². The number of benzene rings is 7. The highest BCUT2D eigenvalue weighted by molar-refractivity contribution is 6.22. The molecule has 6 heteroatoms. The van der Waals surface area contributed by atoms with Gasteiger partial charge < -0.3 is 4.42 Å². The maximum absolute atomic E-state index is 6.56. The van der Waals surface area contributed by atoms with Crippen LogP contribution in [0.5, 0.6) is 0 Å². The molecule has 7 aromatic carbocycles. The van der Waals surface area contributed by atoms with Crippen LogP contribution in [0, 0.1) is 0 Å². The molecule has 272 valence electrons. The molecule has 6 nitrogen and oxygen atoms in total. The van der Waals surface area contributed by atoms with Crippen molar-refractivity contribution in [2.45, 2.75) is 0 Å². The summed E-state index contributed by atoms with van der Waals surface area (Å²) in [5.41, 5.74) is 12.1. The zero-order valence-electron chi connectivity index (χ0n) is 31.3. The number of aromatic nitrogens is 4. The van der Waals surface area contributed by atoms with Gasteiger partial charge in [-0.1, -0.05) is 165 Å². The zero-order chi connectivity index (χ0) is 38.7. The molecule has 0 atom stereocenters. The van der Waals surface area contributed by atoms with E-state index < -0.39 is 0 Å². The minimum Gasteiger partial charge on any atom is -0.455 e. The van der Waals surface area contributed by atoms with Crippen molar-refractivity contribution in [3.05, 3.63) is 195 Å². The van der Waals surface area contributed by atoms with Gasteiger partial charge in [0.05, 0.1) is 22.6 Å². The SMILES string of the molecule is C=C/C=C(\C=C)c1nc(-c2ccccc2)nc(N2c3ccc(-c4cccc5c4oc4ccccc45)cc3-c3nc4c(-c5ccccc5)cccc4c4cccc2c34)n1. The molecular formula is C52H33N5O. The van der Waals surface area contributed by atoms with Crippen LogP contribution >= 0.6 is 0 Å². The number of fused-ring (bicyclic) bond motifs is 7. The summed E-state index contributed by atoms with van der Waals surface area (Å²) in [6.07, 6.45) is 5.34. The lowest BCUT2D eigenvalue weighted by Gasteiger charge is -2.32. The third-order valence-corrected chi connectivity index (χ3v) is 11.0. The van der Waals surface area contributed by atoms with Gasteiger partial charge in [0.2, 0.25) is 5.95 Å². The molecule has 0 saturated carbocycles. The van der Waals surface area contributed by atoms with E-state index in [-0.39, 0.29) is 0 Å². The predicted molar refractivity (Wildman–Crippen MR) is 238 cm³/mol. The number of rotatable bonds is 7. The molecule has 0 aliphatic carbocycles. The van der Waals surface area contributed by atoms with Gasteiger partial charge in [0.25, 0.3) is 0 Å². The van der Waals surface area contributed by atoms with Gasteiger partial charge in [-0.2, -0.15) is 9.97 Å². The van der Waals surface area contributed by atoms with Crippen LogP contribution in [0.3, 0.4) is 0 Å². The molecular weight excluding hydrogens is 711 g/mol. The van der Waals surface area contributed by atoms with E-state index in [4.69, 9.17) is 24.4 Å². The Hall–Kier alpha value is -7.96. The Morgan fingerprint density at radius 3 is 2.05 bits per heavy atom. The number of pyridine rings is 1. The quantitative estimate of drug-likeness (QED) is 0.120. The third-order valence-electron chi connectivity index (χ3n) is 11.0. The number of hydrogen-bond acceptors (Lipinski definition) is 6. The van der Waals surface area contributed by atoms with E-state index in [0.717, 1.165) is 99.6 Å². The van der Waals surface area contributed by atoms with Crippen molar-refractivity contribution in [3.8, 4) is 44.9 Å². The zero-order valence-corrected chi connectivity index (χ0v) is 31.3. The van der Waals surface area contributed by atoms with Gasteiger partial charge in [-0.25, -0.2) is 9.97 Å². The van der Waals surface area contributed by atoms with Crippen molar-refractivity contribution < 1.29 is 4.42 Å². The van der Waals surface area contributed by atoms with E-state index in [2.05, 4.69) is 127 Å². The lowest BCUT2D eigenvalue weighted by atomic mass is 9.90. The molecule has 3 aromatic heterocycles. The van der Waals surface area contributed by atoms with E-state index in [9.17, 15) is 0 Å². The second-order valence-corrected chi connectivity index (χ2v) is 14.3. The minimum atomic E-state index is 0.477. The largest absolute Gasteiger partial charge is 0.455 e. The van der Waals surface area contributed by atoms with Gasteiger partial charge in [0.15, 0.2) is 11.6 Å². The standard InChI is InChI=1S/C52H33N5O/c1-3-16-32(4-2)50-54-51(34-19-9-6-10-20-34)56-52(55-50)57-43-30-29-35(37-23-14-26-41-38-21-11-12-28-45(38)58-49(37)41)31-42(43)48-46-39(24-15-27-44(46)57)40-25-13-22-36(47(40)53-48)33-17-7-5-8-18-33/h3-31H,1-2H2/b32-16+. The van der Waals surface area contributed by atoms with Gasteiger partial charge in [-0.15, -0.1) is 0 Å². The topological polar surface area (TPSA) is 67.9 Å². The van der Waals surface area contributed by atoms with Crippen LogP contribution in [0.2, 0.25) is 0 Å². The summed E-state index contributed by atoms with van der Waals surface area (Å²) < 4.78 is 6.56. The van der Waals surface area contributed by atoms with Crippen molar-refractivity contribution in [3.63, 3.8) is 0 Å². The maximum Gasteiger partial charge on any atom is 0.238 e. The molecule has 0 fully saturated rings. The number of furan rings is 1. The Labute approximate surface area is 334 Å². The van der Waals surface area contributed by atoms with Gasteiger partial charge in [-0.05, 0) is 40.8 Å². The summed E-state index contributed by atoms with van der Waals surface area (Å²) in [6, 6.07) is 54.5. The fraction of sp³-hybridized carbons (Fsp3) is 0. The van der Waals surface area contributed by atoms with Crippen molar-refractivity contribution in [2.24, 2.45) is 0 Å². The Kier molecular flexibility index (Phi) is 7.69. The molecule has 0 spiro atoms. The summed E-state index contributed by atoms with van der Waals surface area (Å²) >= 11 is 0. The minimum absolute atomic E-state index is 0.477. The van der Waals surface area contributed by atoms with E-state index in [1.165, 1.54) is 0 Å². The molecule has 58 heavy (non-hydrogen) atoms. The fourth-order valence-corrected chi connectivity index (χ4v) is 8.37. The summed E-state index contributed by atoms with van der Waals surface area (Å²) in [6.45, 7) is 8.03. The second-order valence-electron chi connectivity index (χ2n) is 14.3. The predicted octanol–water partition coefficient (Wildman–Crippen LogP) is 13.7. The van der Waals surface area contributed by atoms with Crippen molar-refractivity contribution in [2.75, 3.05) is 4.90 Å². The highest BCUT2D eigenvalue weighted by Crippen LogP contribution is 2.52. The third kappa shape index (κ3) is 5.20. The number of para-hydroxylation sites is 3. The van der Waals surface area contributed by atoms with Crippen molar-refractivity contribution >= 4 is 66.5 Å². The van der Waals surface area contributed by atoms with Crippen LogP contribution in [0.4, 0.5) is 17.3 Å². The summed E-state index contributed by atoms with van der Waals surface area (Å²) in [5.74, 6) is 1.52. The molecule has 0 unspecified atom stereocenters. The van der Waals surface area contributed by atoms with Crippen LogP contribution in [-0.2, 0) is 0 Å². The fourth-order valence-electron chi connectivity index (χ4n) is 8.37. The molecule has 10 aromatic rings. The normalized spacial score (nSPS) is 12.3. The summed E-state index contributed by atoms with van der Waals surface area (Å²) in [5, 5.41) is 5.34. The Morgan fingerprint density at radius 2 is 1.24 bits per heavy atom. The first-order chi connectivity index (χ1) is 28.7. The summed E-state index contributed by atoms with van der Waals surface area (Å²) in [7, 11) is 0. The van der Waals surface area contributed by atoms with E-state index in [1.807, 2.05) is 54.6 Å². The molecule has 4 heterocycles. The van der Waals surface area contributed by atoms with Crippen molar-refractivity contribution in [1.29, 1.82) is 0 Å². The lowest BCUT2D eigenvalue weighted by molar-refractivity contribution is 0.670. The van der Waals surface area contributed by atoms with E-state index in [0.29, 0.717) is 17.6 Å². The number of allylic oxidation sites excluding steroid dienone is 4. The molecule has 0 bridgehead atoms. The molecule has 1 aliphatic heterocycles. The highest BCUT2D eigenvalue weighted by atomic mass is 16.3. The Balaban J connectivity index is 1.23. The lowest BCUT2D eigenvalue weighted by Crippen LogP contribution is -2.19. The highest BCUT2D eigenvalue weighted by Gasteiger charge is 2.31. The Morgan fingerprint density at radius 1 is 0.534 bits per heavy atom. The molecule has 0 saturated heterocycles. The first-order valence-electron chi connectivity index (χ1n) is 19.2. The molecule has 0 radical (unpaired) electrons. The summed E-state index contributed by atoms with van der Waals surface area (Å²) in [4.78, 5) is 23.1. The van der Waals surface area contributed by atoms with Gasteiger partial charge in [-0.3, -0.25) is 4.90 Å². The number of anilines is 3. The van der Waals surface area contributed by atoms with Crippen LogP contribution < -0.4 is 4.90 Å². The molecule has 1 aliphatic rings. The average molecular weight is 744 g/mol. The monoisotopic (exact) mass is 743 g/mol. The first-order valence-corrected chi connectivity index (χ1v) is 19.2. The van der Waals surface area contributed by atoms with E-state index in [1.54, 1.807) is 12.2 Å². The molecule has 0 N–H and O–H groups in total. The van der Waals surface area contributed by atoms with Crippen molar-refractivity contribution in [1.82, 2.24) is 19.9 Å². The molecule has 0 amide bonds. The maximum atomic E-state index is 6.56. The Bertz CT molecular complexity index is 3330. The molecule has 11 rings (SSSR count). The van der Waals surface area contributed by atoms with Gasteiger partial charge in [0, 0.05) is 49.4 Å². The van der Waals surface area contributed by atoms with Gasteiger partial charge in [0.1, 0.15) is 11.2 Å². The van der Waals surface area contributed by atoms with Gasteiger partial charge >= 0.3 is 0 Å². The van der Waals surface area contributed by atoms with Crippen LogP contribution in [-0.4, -0.2) is 19.9 Å². The average Bonchev–Trinajstić information content (AvgIpc) is 3.67. The van der Waals surface area contributed by atoms with Crippen LogP contribution in [0.25, 0.3) is 94.1 Å².